The number of rotatable bonds is 3. The summed E-state index contributed by atoms with van der Waals surface area (Å²) in [4.78, 5) is 5.48. The van der Waals surface area contributed by atoms with Gasteiger partial charge in [0.2, 0.25) is 0 Å². The number of benzene rings is 1. The fourth-order valence-corrected chi connectivity index (χ4v) is 2.48. The predicted octanol–water partition coefficient (Wildman–Crippen LogP) is 2.96. The highest BCUT2D eigenvalue weighted by atomic mass is 35.5. The quantitative estimate of drug-likeness (QED) is 0.893. The van der Waals surface area contributed by atoms with Crippen molar-refractivity contribution in [3.05, 3.63) is 40.5 Å². The SMILES string of the molecule is NCCc1ncsc1-c1cccc(Cl)c1. The summed E-state index contributed by atoms with van der Waals surface area (Å²) in [5.74, 6) is 0. The van der Waals surface area contributed by atoms with Crippen molar-refractivity contribution in [3.63, 3.8) is 0 Å². The molecule has 1 aromatic carbocycles. The zero-order valence-corrected chi connectivity index (χ0v) is 9.68. The molecular formula is C11H11ClN2S. The van der Waals surface area contributed by atoms with E-state index in [-0.39, 0.29) is 0 Å². The molecule has 2 rings (SSSR count). The summed E-state index contributed by atoms with van der Waals surface area (Å²) in [6.07, 6.45) is 0.811. The van der Waals surface area contributed by atoms with Crippen molar-refractivity contribution >= 4 is 22.9 Å². The van der Waals surface area contributed by atoms with E-state index in [1.807, 2.05) is 29.8 Å². The topological polar surface area (TPSA) is 38.9 Å². The lowest BCUT2D eigenvalue weighted by Crippen LogP contribution is -2.03. The molecule has 2 aromatic rings. The molecule has 78 valence electrons. The maximum atomic E-state index is 5.95. The Bertz CT molecular complexity index is 453. The summed E-state index contributed by atoms with van der Waals surface area (Å²) in [6, 6.07) is 7.81. The average molecular weight is 239 g/mol. The van der Waals surface area contributed by atoms with Crippen LogP contribution in [0.15, 0.2) is 29.8 Å². The van der Waals surface area contributed by atoms with E-state index in [0.717, 1.165) is 22.7 Å². The van der Waals surface area contributed by atoms with Crippen LogP contribution in [0.4, 0.5) is 0 Å². The van der Waals surface area contributed by atoms with Crippen LogP contribution in [0.5, 0.6) is 0 Å². The maximum absolute atomic E-state index is 5.95. The second kappa shape index (κ2) is 4.75. The number of nitrogens with zero attached hydrogens (tertiary/aromatic N) is 1. The van der Waals surface area contributed by atoms with Crippen molar-refractivity contribution in [1.82, 2.24) is 4.98 Å². The van der Waals surface area contributed by atoms with Gasteiger partial charge < -0.3 is 5.73 Å². The van der Waals surface area contributed by atoms with E-state index in [0.29, 0.717) is 6.54 Å². The van der Waals surface area contributed by atoms with Crippen molar-refractivity contribution in [1.29, 1.82) is 0 Å². The monoisotopic (exact) mass is 238 g/mol. The molecule has 1 aromatic heterocycles. The second-order valence-electron chi connectivity index (χ2n) is 3.18. The van der Waals surface area contributed by atoms with Gasteiger partial charge in [0, 0.05) is 11.4 Å². The Hall–Kier alpha value is -0.900. The molecular weight excluding hydrogens is 228 g/mol. The highest BCUT2D eigenvalue weighted by Crippen LogP contribution is 2.29. The van der Waals surface area contributed by atoms with Gasteiger partial charge in [0.05, 0.1) is 16.1 Å². The molecule has 0 aliphatic carbocycles. The van der Waals surface area contributed by atoms with Crippen LogP contribution < -0.4 is 5.73 Å². The lowest BCUT2D eigenvalue weighted by Gasteiger charge is -2.01. The molecule has 0 atom stereocenters. The smallest absolute Gasteiger partial charge is 0.0801 e. The maximum Gasteiger partial charge on any atom is 0.0801 e. The minimum Gasteiger partial charge on any atom is -0.330 e. The van der Waals surface area contributed by atoms with E-state index in [1.54, 1.807) is 11.3 Å². The number of nitrogens with two attached hydrogens (primary N) is 1. The van der Waals surface area contributed by atoms with Gasteiger partial charge in [0.25, 0.3) is 0 Å². The molecule has 0 radical (unpaired) electrons. The highest BCUT2D eigenvalue weighted by molar-refractivity contribution is 7.13. The first-order valence-electron chi connectivity index (χ1n) is 4.69. The molecule has 0 saturated heterocycles. The Balaban J connectivity index is 2.40. The number of aromatic nitrogens is 1. The fraction of sp³-hybridized carbons (Fsp3) is 0.182. The van der Waals surface area contributed by atoms with Crippen LogP contribution in [0, 0.1) is 0 Å². The number of thiazole rings is 1. The van der Waals surface area contributed by atoms with Crippen LogP contribution in [-0.4, -0.2) is 11.5 Å². The van der Waals surface area contributed by atoms with Crippen molar-refractivity contribution in [2.75, 3.05) is 6.54 Å². The Labute approximate surface area is 97.7 Å². The first kappa shape index (κ1) is 10.6. The van der Waals surface area contributed by atoms with Crippen molar-refractivity contribution in [2.45, 2.75) is 6.42 Å². The zero-order chi connectivity index (χ0) is 10.7. The summed E-state index contributed by atoms with van der Waals surface area (Å²) >= 11 is 7.58. The molecule has 0 bridgehead atoms. The van der Waals surface area contributed by atoms with Gasteiger partial charge in [0.1, 0.15) is 0 Å². The van der Waals surface area contributed by atoms with Gasteiger partial charge in [-0.05, 0) is 24.2 Å². The minimum atomic E-state index is 0.622. The van der Waals surface area contributed by atoms with Gasteiger partial charge in [-0.25, -0.2) is 4.98 Å². The molecule has 0 aliphatic rings. The summed E-state index contributed by atoms with van der Waals surface area (Å²) in [5.41, 5.74) is 9.56. The first-order valence-corrected chi connectivity index (χ1v) is 5.95. The standard InChI is InChI=1S/C11H11ClN2S/c12-9-3-1-2-8(6-9)11-10(4-5-13)14-7-15-11/h1-3,6-7H,4-5,13H2. The summed E-state index contributed by atoms with van der Waals surface area (Å²) in [7, 11) is 0. The van der Waals surface area contributed by atoms with Gasteiger partial charge in [-0.15, -0.1) is 11.3 Å². The van der Waals surface area contributed by atoms with Gasteiger partial charge in [-0.2, -0.15) is 0 Å². The molecule has 0 fully saturated rings. The van der Waals surface area contributed by atoms with Gasteiger partial charge in [-0.1, -0.05) is 23.7 Å². The third kappa shape index (κ3) is 2.37. The average Bonchev–Trinajstić information content (AvgIpc) is 2.66. The predicted molar refractivity (Wildman–Crippen MR) is 65.3 cm³/mol. The molecule has 0 unspecified atom stereocenters. The molecule has 0 aliphatic heterocycles. The third-order valence-corrected chi connectivity index (χ3v) is 3.26. The molecule has 2 N–H and O–H groups in total. The zero-order valence-electron chi connectivity index (χ0n) is 8.11. The normalized spacial score (nSPS) is 10.5. The highest BCUT2D eigenvalue weighted by Gasteiger charge is 2.07. The second-order valence-corrected chi connectivity index (χ2v) is 4.47. The summed E-state index contributed by atoms with van der Waals surface area (Å²) in [5, 5.41) is 0.750. The Morgan fingerprint density at radius 1 is 1.40 bits per heavy atom. The van der Waals surface area contributed by atoms with E-state index in [1.165, 1.54) is 4.88 Å². The Kier molecular flexibility index (Phi) is 3.36. The Morgan fingerprint density at radius 3 is 3.00 bits per heavy atom. The molecule has 2 nitrogen and oxygen atoms in total. The molecule has 0 spiro atoms. The van der Waals surface area contributed by atoms with Crippen molar-refractivity contribution < 1.29 is 0 Å². The van der Waals surface area contributed by atoms with E-state index in [2.05, 4.69) is 4.98 Å². The number of halogens is 1. The number of hydrogen-bond acceptors (Lipinski definition) is 3. The summed E-state index contributed by atoms with van der Waals surface area (Å²) < 4.78 is 0. The van der Waals surface area contributed by atoms with E-state index < -0.39 is 0 Å². The van der Waals surface area contributed by atoms with Gasteiger partial charge in [0.15, 0.2) is 0 Å². The van der Waals surface area contributed by atoms with Crippen LogP contribution in [0.25, 0.3) is 10.4 Å². The summed E-state index contributed by atoms with van der Waals surface area (Å²) in [6.45, 7) is 0.622. The number of hydrogen-bond donors (Lipinski definition) is 1. The van der Waals surface area contributed by atoms with E-state index in [9.17, 15) is 0 Å². The van der Waals surface area contributed by atoms with Crippen LogP contribution in [-0.2, 0) is 6.42 Å². The lowest BCUT2D eigenvalue weighted by molar-refractivity contribution is 0.937. The molecule has 0 saturated carbocycles. The van der Waals surface area contributed by atoms with E-state index in [4.69, 9.17) is 17.3 Å². The molecule has 4 heteroatoms. The third-order valence-electron chi connectivity index (χ3n) is 2.11. The first-order chi connectivity index (χ1) is 7.31. The lowest BCUT2D eigenvalue weighted by atomic mass is 10.1. The molecule has 1 heterocycles. The van der Waals surface area contributed by atoms with Crippen LogP contribution in [0.2, 0.25) is 5.02 Å². The minimum absolute atomic E-state index is 0.622. The Morgan fingerprint density at radius 2 is 2.27 bits per heavy atom. The molecule has 0 amide bonds. The molecule has 15 heavy (non-hydrogen) atoms. The van der Waals surface area contributed by atoms with Crippen LogP contribution in [0.3, 0.4) is 0 Å². The van der Waals surface area contributed by atoms with Crippen molar-refractivity contribution in [2.24, 2.45) is 5.73 Å². The fourth-order valence-electron chi connectivity index (χ4n) is 1.45. The largest absolute Gasteiger partial charge is 0.330 e. The van der Waals surface area contributed by atoms with Crippen LogP contribution in [0.1, 0.15) is 5.69 Å². The van der Waals surface area contributed by atoms with Crippen molar-refractivity contribution in [3.8, 4) is 10.4 Å². The van der Waals surface area contributed by atoms with E-state index >= 15 is 0 Å². The van der Waals surface area contributed by atoms with Gasteiger partial charge in [-0.3, -0.25) is 0 Å². The van der Waals surface area contributed by atoms with Crippen LogP contribution >= 0.6 is 22.9 Å². The van der Waals surface area contributed by atoms with Gasteiger partial charge >= 0.3 is 0 Å².